The first-order valence-electron chi connectivity index (χ1n) is 7.96. The molecular weight excluding hydrogens is 262 g/mol. The Morgan fingerprint density at radius 2 is 2.05 bits per heavy atom. The molecule has 2 rings (SSSR count). The topological polar surface area (TPSA) is 39.1 Å². The van der Waals surface area contributed by atoms with Crippen LogP contribution in [0.2, 0.25) is 0 Å². The van der Waals surface area contributed by atoms with Crippen molar-refractivity contribution in [3.05, 3.63) is 30.1 Å². The van der Waals surface area contributed by atoms with E-state index >= 15 is 0 Å². The molecule has 0 aliphatic carbocycles. The molecule has 1 N–H and O–H groups in total. The van der Waals surface area contributed by atoms with Gasteiger partial charge in [-0.3, -0.25) is 0 Å². The standard InChI is InChI=1S/C17H27N3O/c1-4-8-17-19-15-9-6-7-10-16(15)20(17)12-14(13-21-3)18-11-5-2/h6-7,9-10,14,18H,4-5,8,11-13H2,1-3H3. The second-order valence-corrected chi connectivity index (χ2v) is 5.48. The summed E-state index contributed by atoms with van der Waals surface area (Å²) in [7, 11) is 1.76. The molecule has 0 aliphatic heterocycles. The largest absolute Gasteiger partial charge is 0.383 e. The molecule has 1 atom stereocenters. The lowest BCUT2D eigenvalue weighted by Gasteiger charge is -2.20. The fraction of sp³-hybridized carbons (Fsp3) is 0.588. The predicted octanol–water partition coefficient (Wildman–Crippen LogP) is 3.00. The lowest BCUT2D eigenvalue weighted by Crippen LogP contribution is -2.37. The van der Waals surface area contributed by atoms with Gasteiger partial charge in [-0.05, 0) is 31.5 Å². The summed E-state index contributed by atoms with van der Waals surface area (Å²) in [6, 6.07) is 8.71. The van der Waals surface area contributed by atoms with Gasteiger partial charge in [0.2, 0.25) is 0 Å². The Bertz CT molecular complexity index is 550. The van der Waals surface area contributed by atoms with E-state index in [9.17, 15) is 0 Å². The van der Waals surface area contributed by atoms with Crippen molar-refractivity contribution in [3.63, 3.8) is 0 Å². The summed E-state index contributed by atoms with van der Waals surface area (Å²) in [5, 5.41) is 3.57. The van der Waals surface area contributed by atoms with E-state index in [1.807, 2.05) is 0 Å². The zero-order chi connectivity index (χ0) is 15.1. The van der Waals surface area contributed by atoms with Crippen LogP contribution < -0.4 is 5.32 Å². The highest BCUT2D eigenvalue weighted by atomic mass is 16.5. The molecule has 2 aromatic rings. The first-order chi connectivity index (χ1) is 10.3. The molecule has 116 valence electrons. The first-order valence-corrected chi connectivity index (χ1v) is 7.96. The maximum atomic E-state index is 5.37. The number of methoxy groups -OCH3 is 1. The summed E-state index contributed by atoms with van der Waals surface area (Å²) < 4.78 is 7.72. The number of aromatic nitrogens is 2. The SMILES string of the molecule is CCCNC(COC)Cn1c(CCC)nc2ccccc21. The predicted molar refractivity (Wildman–Crippen MR) is 87.7 cm³/mol. The Kier molecular flexibility index (Phi) is 6.21. The summed E-state index contributed by atoms with van der Waals surface area (Å²) in [4.78, 5) is 4.79. The number of hydrogen-bond donors (Lipinski definition) is 1. The van der Waals surface area contributed by atoms with Crippen LogP contribution in [0.1, 0.15) is 32.5 Å². The number of benzene rings is 1. The lowest BCUT2D eigenvalue weighted by molar-refractivity contribution is 0.159. The van der Waals surface area contributed by atoms with Gasteiger partial charge in [-0.2, -0.15) is 0 Å². The fourth-order valence-electron chi connectivity index (χ4n) is 2.69. The van der Waals surface area contributed by atoms with E-state index in [0.717, 1.165) is 44.5 Å². The average molecular weight is 289 g/mol. The normalized spacial score (nSPS) is 12.9. The minimum atomic E-state index is 0.322. The number of nitrogens with zero attached hydrogens (tertiary/aromatic N) is 2. The number of nitrogens with one attached hydrogen (secondary N) is 1. The van der Waals surface area contributed by atoms with E-state index in [4.69, 9.17) is 9.72 Å². The molecule has 4 heteroatoms. The zero-order valence-electron chi connectivity index (χ0n) is 13.4. The van der Waals surface area contributed by atoms with Crippen molar-refractivity contribution in [3.8, 4) is 0 Å². The molecule has 0 aliphatic rings. The summed E-state index contributed by atoms with van der Waals surface area (Å²) >= 11 is 0. The van der Waals surface area contributed by atoms with E-state index in [1.165, 1.54) is 11.3 Å². The van der Waals surface area contributed by atoms with Crippen LogP contribution in [0.25, 0.3) is 11.0 Å². The van der Waals surface area contributed by atoms with Crippen LogP contribution >= 0.6 is 0 Å². The van der Waals surface area contributed by atoms with Gasteiger partial charge in [-0.1, -0.05) is 26.0 Å². The molecule has 4 nitrogen and oxygen atoms in total. The van der Waals surface area contributed by atoms with Gasteiger partial charge in [0.1, 0.15) is 5.82 Å². The van der Waals surface area contributed by atoms with E-state index in [-0.39, 0.29) is 0 Å². The van der Waals surface area contributed by atoms with Gasteiger partial charge in [0.05, 0.1) is 17.6 Å². The Morgan fingerprint density at radius 3 is 2.76 bits per heavy atom. The third-order valence-electron chi connectivity index (χ3n) is 3.66. The molecule has 0 amide bonds. The van der Waals surface area contributed by atoms with Crippen LogP contribution in [0.3, 0.4) is 0 Å². The smallest absolute Gasteiger partial charge is 0.109 e. The Morgan fingerprint density at radius 1 is 1.24 bits per heavy atom. The van der Waals surface area contributed by atoms with E-state index in [1.54, 1.807) is 7.11 Å². The molecule has 1 unspecified atom stereocenters. The molecule has 0 saturated heterocycles. The van der Waals surface area contributed by atoms with Crippen LogP contribution in [0.15, 0.2) is 24.3 Å². The number of ether oxygens (including phenoxy) is 1. The molecule has 0 spiro atoms. The van der Waals surface area contributed by atoms with E-state index in [0.29, 0.717) is 6.04 Å². The second kappa shape index (κ2) is 8.15. The highest BCUT2D eigenvalue weighted by Crippen LogP contribution is 2.17. The molecule has 1 aromatic heterocycles. The third kappa shape index (κ3) is 4.05. The molecule has 0 fully saturated rings. The Balaban J connectivity index is 2.26. The lowest BCUT2D eigenvalue weighted by atomic mass is 10.2. The van der Waals surface area contributed by atoms with Crippen molar-refractivity contribution in [2.75, 3.05) is 20.3 Å². The molecule has 0 radical (unpaired) electrons. The quantitative estimate of drug-likeness (QED) is 0.771. The van der Waals surface area contributed by atoms with E-state index < -0.39 is 0 Å². The van der Waals surface area contributed by atoms with Crippen molar-refractivity contribution < 1.29 is 4.74 Å². The highest BCUT2D eigenvalue weighted by molar-refractivity contribution is 5.75. The van der Waals surface area contributed by atoms with Crippen LogP contribution in [0.4, 0.5) is 0 Å². The Labute approximate surface area is 127 Å². The Hall–Kier alpha value is -1.39. The van der Waals surface area contributed by atoms with Crippen molar-refractivity contribution in [2.45, 2.75) is 45.7 Å². The molecule has 21 heavy (non-hydrogen) atoms. The van der Waals surface area contributed by atoms with Crippen LogP contribution in [-0.4, -0.2) is 35.9 Å². The number of rotatable bonds is 9. The molecule has 0 bridgehead atoms. The number of hydrogen-bond acceptors (Lipinski definition) is 3. The van der Waals surface area contributed by atoms with Gasteiger partial charge in [0.25, 0.3) is 0 Å². The van der Waals surface area contributed by atoms with Crippen molar-refractivity contribution in [1.29, 1.82) is 0 Å². The number of para-hydroxylation sites is 2. The van der Waals surface area contributed by atoms with Gasteiger partial charge < -0.3 is 14.6 Å². The van der Waals surface area contributed by atoms with Gasteiger partial charge in [0.15, 0.2) is 0 Å². The highest BCUT2D eigenvalue weighted by Gasteiger charge is 2.14. The molecule has 0 saturated carbocycles. The second-order valence-electron chi connectivity index (χ2n) is 5.48. The minimum absolute atomic E-state index is 0.322. The van der Waals surface area contributed by atoms with Gasteiger partial charge >= 0.3 is 0 Å². The zero-order valence-corrected chi connectivity index (χ0v) is 13.4. The number of aryl methyl sites for hydroxylation is 1. The minimum Gasteiger partial charge on any atom is -0.383 e. The van der Waals surface area contributed by atoms with Crippen LogP contribution in [0.5, 0.6) is 0 Å². The number of imidazole rings is 1. The first kappa shape index (κ1) is 16.0. The van der Waals surface area contributed by atoms with Crippen LogP contribution in [0, 0.1) is 0 Å². The van der Waals surface area contributed by atoms with Gasteiger partial charge in [-0.15, -0.1) is 0 Å². The molecular formula is C17H27N3O. The molecule has 1 aromatic carbocycles. The molecule has 1 heterocycles. The summed E-state index contributed by atoms with van der Waals surface area (Å²) in [5.41, 5.74) is 2.31. The van der Waals surface area contributed by atoms with Crippen LogP contribution in [-0.2, 0) is 17.7 Å². The monoisotopic (exact) mass is 289 g/mol. The average Bonchev–Trinajstić information content (AvgIpc) is 2.83. The van der Waals surface area contributed by atoms with Crippen molar-refractivity contribution >= 4 is 11.0 Å². The maximum absolute atomic E-state index is 5.37. The summed E-state index contributed by atoms with van der Waals surface area (Å²) in [6.07, 6.45) is 3.26. The van der Waals surface area contributed by atoms with Crippen molar-refractivity contribution in [2.24, 2.45) is 0 Å². The van der Waals surface area contributed by atoms with Crippen molar-refractivity contribution in [1.82, 2.24) is 14.9 Å². The maximum Gasteiger partial charge on any atom is 0.109 e. The van der Waals surface area contributed by atoms with Gasteiger partial charge in [-0.25, -0.2) is 4.98 Å². The van der Waals surface area contributed by atoms with Gasteiger partial charge in [0, 0.05) is 26.1 Å². The summed E-state index contributed by atoms with van der Waals surface area (Å²) in [5.74, 6) is 1.18. The number of fused-ring (bicyclic) bond motifs is 1. The third-order valence-corrected chi connectivity index (χ3v) is 3.66. The fourth-order valence-corrected chi connectivity index (χ4v) is 2.69. The summed E-state index contributed by atoms with van der Waals surface area (Å²) in [6.45, 7) is 7.03. The van der Waals surface area contributed by atoms with E-state index in [2.05, 4.69) is 48.0 Å².